The average molecular weight is 327 g/mol. The van der Waals surface area contributed by atoms with Crippen molar-refractivity contribution < 1.29 is 0 Å². The van der Waals surface area contributed by atoms with Crippen LogP contribution in [0, 0.1) is 13.8 Å². The number of hydrazone groups is 1. The first-order valence-corrected chi connectivity index (χ1v) is 8.28. The molecule has 0 atom stereocenters. The summed E-state index contributed by atoms with van der Waals surface area (Å²) in [5.74, 6) is 0. The molecule has 0 aliphatic rings. The molecule has 0 bridgehead atoms. The largest absolute Gasteiger partial charge is 0.267 e. The van der Waals surface area contributed by atoms with Crippen LogP contribution in [-0.2, 0) is 0 Å². The molecule has 3 nitrogen and oxygen atoms in total. The van der Waals surface area contributed by atoms with Gasteiger partial charge in [-0.3, -0.25) is 5.43 Å². The molecule has 0 amide bonds. The maximum Gasteiger partial charge on any atom is 0.109 e. The third-order valence-corrected chi connectivity index (χ3v) is 3.96. The predicted molar refractivity (Wildman–Crippen MR) is 106 cm³/mol. The fourth-order valence-electron chi connectivity index (χ4n) is 2.68. The topological polar surface area (TPSA) is 36.8 Å². The molecule has 3 heteroatoms. The van der Waals surface area contributed by atoms with Crippen molar-refractivity contribution in [2.45, 2.75) is 13.8 Å². The van der Waals surface area contributed by atoms with E-state index in [0.717, 1.165) is 33.7 Å². The summed E-state index contributed by atoms with van der Waals surface area (Å²) in [5, 5.41) is 4.56. The second-order valence-corrected chi connectivity index (χ2v) is 5.82. The van der Waals surface area contributed by atoms with Crippen molar-refractivity contribution >= 4 is 17.7 Å². The lowest BCUT2D eigenvalue weighted by molar-refractivity contribution is 1.05. The Morgan fingerprint density at radius 1 is 0.720 bits per heavy atom. The van der Waals surface area contributed by atoms with Gasteiger partial charge in [0.05, 0.1) is 11.4 Å². The minimum absolute atomic E-state index is 0.883. The highest BCUT2D eigenvalue weighted by atomic mass is 15.3. The van der Waals surface area contributed by atoms with Gasteiger partial charge in [0.2, 0.25) is 0 Å². The van der Waals surface area contributed by atoms with Crippen LogP contribution in [0.4, 0.5) is 5.69 Å². The van der Waals surface area contributed by atoms with E-state index in [1.807, 2.05) is 42.5 Å². The molecule has 0 aromatic heterocycles. The third kappa shape index (κ3) is 4.21. The van der Waals surface area contributed by atoms with Crippen molar-refractivity contribution in [1.82, 2.24) is 5.43 Å². The molecule has 0 fully saturated rings. The molecule has 1 N–H and O–H groups in total. The Balaban J connectivity index is 1.86. The monoisotopic (exact) mass is 327 g/mol. The van der Waals surface area contributed by atoms with E-state index in [9.17, 15) is 0 Å². The number of nitrogens with zero attached hydrogens (tertiary/aromatic N) is 2. The van der Waals surface area contributed by atoms with Crippen molar-refractivity contribution in [3.63, 3.8) is 0 Å². The summed E-state index contributed by atoms with van der Waals surface area (Å²) in [7, 11) is 0. The number of benzene rings is 3. The zero-order valence-corrected chi connectivity index (χ0v) is 14.5. The molecule has 3 aromatic rings. The number of nitrogens with one attached hydrogen (secondary N) is 1. The van der Waals surface area contributed by atoms with Gasteiger partial charge in [0.25, 0.3) is 0 Å². The van der Waals surface area contributed by atoms with Gasteiger partial charge < -0.3 is 0 Å². The highest BCUT2D eigenvalue weighted by molar-refractivity contribution is 6.12. The normalized spacial score (nSPS) is 10.6. The van der Waals surface area contributed by atoms with E-state index >= 15 is 0 Å². The summed E-state index contributed by atoms with van der Waals surface area (Å²) >= 11 is 0. The molecule has 0 unspecified atom stereocenters. The average Bonchev–Trinajstić information content (AvgIpc) is 2.65. The zero-order chi connectivity index (χ0) is 17.5. The van der Waals surface area contributed by atoms with Gasteiger partial charge in [-0.25, -0.2) is 4.99 Å². The summed E-state index contributed by atoms with van der Waals surface area (Å²) in [6.45, 7) is 4.12. The van der Waals surface area contributed by atoms with Gasteiger partial charge in [-0.05, 0) is 25.0 Å². The molecule has 3 aromatic carbocycles. The van der Waals surface area contributed by atoms with Gasteiger partial charge in [0, 0.05) is 11.1 Å². The lowest BCUT2D eigenvalue weighted by Gasteiger charge is -2.07. The number of aliphatic imine (C=N–C) groups is 1. The SMILES string of the molecule is Cc1cccc(C)c1N=CNN=C(c1ccccc1)c1ccccc1. The van der Waals surface area contributed by atoms with E-state index in [1.54, 1.807) is 6.34 Å². The minimum Gasteiger partial charge on any atom is -0.267 e. The lowest BCUT2D eigenvalue weighted by Crippen LogP contribution is -2.11. The van der Waals surface area contributed by atoms with Gasteiger partial charge in [0.15, 0.2) is 0 Å². The Hall–Kier alpha value is -3.20. The standard InChI is InChI=1S/C22H21N3/c1-17-10-9-11-18(2)21(17)23-16-24-25-22(19-12-5-3-6-13-19)20-14-7-4-8-15-20/h3-16H,1-2H3,(H,23,24). The summed E-state index contributed by atoms with van der Waals surface area (Å²) in [5.41, 5.74) is 9.25. The Labute approximate surface area is 148 Å². The predicted octanol–water partition coefficient (Wildman–Crippen LogP) is 5.01. The second-order valence-electron chi connectivity index (χ2n) is 5.82. The molecule has 124 valence electrons. The van der Waals surface area contributed by atoms with E-state index < -0.39 is 0 Å². The highest BCUT2D eigenvalue weighted by Crippen LogP contribution is 2.22. The molecule has 0 saturated carbocycles. The van der Waals surface area contributed by atoms with Crippen LogP contribution in [0.3, 0.4) is 0 Å². The Bertz CT molecular complexity index is 820. The molecular weight excluding hydrogens is 306 g/mol. The minimum atomic E-state index is 0.883. The quantitative estimate of drug-likeness (QED) is 0.399. The van der Waals surface area contributed by atoms with Crippen molar-refractivity contribution in [1.29, 1.82) is 0 Å². The third-order valence-electron chi connectivity index (χ3n) is 3.96. The van der Waals surface area contributed by atoms with E-state index in [2.05, 4.69) is 65.8 Å². The van der Waals surface area contributed by atoms with E-state index in [1.165, 1.54) is 0 Å². The Morgan fingerprint density at radius 3 is 1.76 bits per heavy atom. The van der Waals surface area contributed by atoms with Gasteiger partial charge in [0.1, 0.15) is 6.34 Å². The number of hydrogen-bond acceptors (Lipinski definition) is 2. The summed E-state index contributed by atoms with van der Waals surface area (Å²) in [6, 6.07) is 26.4. The van der Waals surface area contributed by atoms with Crippen LogP contribution in [0.2, 0.25) is 0 Å². The van der Waals surface area contributed by atoms with E-state index in [4.69, 9.17) is 0 Å². The molecule has 0 aliphatic heterocycles. The molecule has 0 heterocycles. The molecule has 3 rings (SSSR count). The van der Waals surface area contributed by atoms with Crippen LogP contribution in [0.5, 0.6) is 0 Å². The van der Waals surface area contributed by atoms with Crippen LogP contribution in [0.15, 0.2) is 89.0 Å². The Kier molecular flexibility index (Phi) is 5.37. The van der Waals surface area contributed by atoms with Crippen LogP contribution < -0.4 is 5.43 Å². The zero-order valence-electron chi connectivity index (χ0n) is 14.5. The second kappa shape index (κ2) is 8.06. The van der Waals surface area contributed by atoms with Crippen molar-refractivity contribution in [2.75, 3.05) is 0 Å². The first kappa shape index (κ1) is 16.7. The van der Waals surface area contributed by atoms with E-state index in [0.29, 0.717) is 0 Å². The molecule has 0 saturated heterocycles. The molecule has 25 heavy (non-hydrogen) atoms. The summed E-state index contributed by atoms with van der Waals surface area (Å²) in [6.07, 6.45) is 1.64. The fourth-order valence-corrected chi connectivity index (χ4v) is 2.68. The van der Waals surface area contributed by atoms with E-state index in [-0.39, 0.29) is 0 Å². The first-order valence-electron chi connectivity index (χ1n) is 8.28. The van der Waals surface area contributed by atoms with Crippen molar-refractivity contribution in [2.24, 2.45) is 10.1 Å². The number of para-hydroxylation sites is 1. The first-order chi connectivity index (χ1) is 12.3. The maximum absolute atomic E-state index is 4.56. The smallest absolute Gasteiger partial charge is 0.109 e. The van der Waals surface area contributed by atoms with Crippen LogP contribution in [0.1, 0.15) is 22.3 Å². The highest BCUT2D eigenvalue weighted by Gasteiger charge is 2.05. The Morgan fingerprint density at radius 2 is 1.24 bits per heavy atom. The van der Waals surface area contributed by atoms with Crippen molar-refractivity contribution in [3.8, 4) is 0 Å². The summed E-state index contributed by atoms with van der Waals surface area (Å²) in [4.78, 5) is 4.52. The summed E-state index contributed by atoms with van der Waals surface area (Å²) < 4.78 is 0. The van der Waals surface area contributed by atoms with Crippen molar-refractivity contribution in [3.05, 3.63) is 101 Å². The van der Waals surface area contributed by atoms with Crippen LogP contribution in [-0.4, -0.2) is 12.1 Å². The number of aryl methyl sites for hydroxylation is 2. The van der Waals surface area contributed by atoms with Gasteiger partial charge >= 0.3 is 0 Å². The molecule has 0 radical (unpaired) electrons. The number of hydrogen-bond donors (Lipinski definition) is 1. The maximum atomic E-state index is 4.56. The lowest BCUT2D eigenvalue weighted by atomic mass is 10.0. The van der Waals surface area contributed by atoms with Gasteiger partial charge in [-0.2, -0.15) is 5.10 Å². The molecular formula is C22H21N3. The van der Waals surface area contributed by atoms with Crippen LogP contribution in [0.25, 0.3) is 0 Å². The number of rotatable bonds is 5. The fraction of sp³-hybridized carbons (Fsp3) is 0.0909. The molecule has 0 spiro atoms. The van der Waals surface area contributed by atoms with Crippen LogP contribution >= 0.6 is 0 Å². The van der Waals surface area contributed by atoms with Gasteiger partial charge in [-0.1, -0.05) is 78.9 Å². The van der Waals surface area contributed by atoms with Gasteiger partial charge in [-0.15, -0.1) is 0 Å². The molecule has 0 aliphatic carbocycles.